The normalized spacial score (nSPS) is 17.0. The van der Waals surface area contributed by atoms with Crippen molar-refractivity contribution in [2.75, 3.05) is 18.5 Å². The third kappa shape index (κ3) is 2.90. The number of aromatic nitrogens is 4. The van der Waals surface area contributed by atoms with Gasteiger partial charge in [0.1, 0.15) is 17.3 Å². The van der Waals surface area contributed by atoms with Crippen molar-refractivity contribution in [2.24, 2.45) is 0 Å². The highest BCUT2D eigenvalue weighted by molar-refractivity contribution is 5.93. The van der Waals surface area contributed by atoms with Gasteiger partial charge in [0.25, 0.3) is 0 Å². The molecule has 1 fully saturated rings. The van der Waals surface area contributed by atoms with E-state index in [1.807, 2.05) is 24.3 Å². The van der Waals surface area contributed by atoms with E-state index in [-0.39, 0.29) is 11.9 Å². The fourth-order valence-electron chi connectivity index (χ4n) is 3.51. The zero-order valence-electron chi connectivity index (χ0n) is 14.6. The zero-order valence-corrected chi connectivity index (χ0v) is 14.6. The minimum Gasteiger partial charge on any atom is -0.376 e. The number of nitrogens with zero attached hydrogens (tertiary/aromatic N) is 4. The largest absolute Gasteiger partial charge is 0.376 e. The minimum absolute atomic E-state index is 0.210. The van der Waals surface area contributed by atoms with Crippen LogP contribution in [0, 0.1) is 5.82 Å². The maximum absolute atomic E-state index is 13.3. The van der Waals surface area contributed by atoms with Gasteiger partial charge < -0.3 is 10.1 Å². The van der Waals surface area contributed by atoms with Gasteiger partial charge in [-0.25, -0.2) is 9.37 Å². The number of rotatable bonds is 4. The van der Waals surface area contributed by atoms with Gasteiger partial charge in [-0.15, -0.1) is 5.10 Å². The Labute approximate surface area is 155 Å². The first-order chi connectivity index (χ1) is 13.3. The van der Waals surface area contributed by atoms with Crippen LogP contribution in [0.4, 0.5) is 10.2 Å². The number of hydrogen-bond acceptors (Lipinski definition) is 5. The number of hydrogen-bond donors (Lipinski definition) is 1. The monoisotopic (exact) mass is 363 g/mol. The van der Waals surface area contributed by atoms with Crippen molar-refractivity contribution in [1.29, 1.82) is 0 Å². The Hall–Kier alpha value is -3.06. The second-order valence-corrected chi connectivity index (χ2v) is 6.67. The molecule has 1 aliphatic heterocycles. The van der Waals surface area contributed by atoms with Gasteiger partial charge in [0, 0.05) is 24.1 Å². The minimum atomic E-state index is -0.285. The molecule has 1 saturated heterocycles. The summed E-state index contributed by atoms with van der Waals surface area (Å²) >= 11 is 0. The summed E-state index contributed by atoms with van der Waals surface area (Å²) in [5, 5.41) is 13.0. The lowest BCUT2D eigenvalue weighted by molar-refractivity contribution is 0.120. The molecule has 0 spiro atoms. The van der Waals surface area contributed by atoms with Crippen molar-refractivity contribution in [3.63, 3.8) is 0 Å². The van der Waals surface area contributed by atoms with Gasteiger partial charge in [0.15, 0.2) is 5.65 Å². The lowest BCUT2D eigenvalue weighted by atomic mass is 10.1. The molecule has 1 atom stereocenters. The van der Waals surface area contributed by atoms with Gasteiger partial charge in [0.05, 0.1) is 11.6 Å². The maximum Gasteiger partial charge on any atom is 0.186 e. The first kappa shape index (κ1) is 16.1. The highest BCUT2D eigenvalue weighted by Crippen LogP contribution is 2.28. The second-order valence-electron chi connectivity index (χ2n) is 6.67. The number of ether oxygens (including phenoxy) is 1. The van der Waals surface area contributed by atoms with Crippen LogP contribution < -0.4 is 5.32 Å². The number of nitrogens with one attached hydrogen (secondary N) is 1. The first-order valence-corrected chi connectivity index (χ1v) is 9.05. The van der Waals surface area contributed by atoms with Crippen LogP contribution in [0.5, 0.6) is 0 Å². The summed E-state index contributed by atoms with van der Waals surface area (Å²) in [4.78, 5) is 4.80. The Bertz CT molecular complexity index is 1100. The zero-order chi connectivity index (χ0) is 18.2. The van der Waals surface area contributed by atoms with E-state index < -0.39 is 0 Å². The number of para-hydroxylation sites is 1. The van der Waals surface area contributed by atoms with E-state index in [0.717, 1.165) is 41.7 Å². The van der Waals surface area contributed by atoms with Crippen LogP contribution in [0.15, 0.2) is 48.5 Å². The molecule has 5 rings (SSSR count). The fraction of sp³-hybridized carbons (Fsp3) is 0.250. The molecule has 3 heterocycles. The third-order valence-electron chi connectivity index (χ3n) is 4.89. The van der Waals surface area contributed by atoms with E-state index in [4.69, 9.17) is 9.72 Å². The van der Waals surface area contributed by atoms with E-state index in [1.165, 1.54) is 12.1 Å². The highest BCUT2D eigenvalue weighted by atomic mass is 19.1. The lowest BCUT2D eigenvalue weighted by Gasteiger charge is -2.13. The molecule has 0 saturated carbocycles. The highest BCUT2D eigenvalue weighted by Gasteiger charge is 2.18. The van der Waals surface area contributed by atoms with E-state index >= 15 is 0 Å². The summed E-state index contributed by atoms with van der Waals surface area (Å²) in [7, 11) is 0. The molecule has 2 aromatic carbocycles. The van der Waals surface area contributed by atoms with Crippen LogP contribution in [0.2, 0.25) is 0 Å². The van der Waals surface area contributed by atoms with E-state index in [0.29, 0.717) is 17.9 Å². The first-order valence-electron chi connectivity index (χ1n) is 9.05. The summed E-state index contributed by atoms with van der Waals surface area (Å²) in [6.45, 7) is 1.53. The van der Waals surface area contributed by atoms with Crippen molar-refractivity contribution in [3.8, 4) is 11.3 Å². The Kier molecular flexibility index (Phi) is 3.94. The molecule has 0 bridgehead atoms. The quantitative estimate of drug-likeness (QED) is 0.599. The summed E-state index contributed by atoms with van der Waals surface area (Å²) in [5.41, 5.74) is 2.95. The summed E-state index contributed by atoms with van der Waals surface area (Å²) in [5.74, 6) is 0.492. The molecule has 4 aromatic rings. The Morgan fingerprint density at radius 2 is 2.00 bits per heavy atom. The topological polar surface area (TPSA) is 64.3 Å². The molecule has 1 aliphatic rings. The third-order valence-corrected chi connectivity index (χ3v) is 4.89. The van der Waals surface area contributed by atoms with E-state index in [1.54, 1.807) is 16.6 Å². The summed E-state index contributed by atoms with van der Waals surface area (Å²) in [6, 6.07) is 14.2. The molecule has 136 valence electrons. The predicted octanol–water partition coefficient (Wildman–Crippen LogP) is 3.67. The van der Waals surface area contributed by atoms with Crippen molar-refractivity contribution in [2.45, 2.75) is 18.9 Å². The molecule has 27 heavy (non-hydrogen) atoms. The number of fused-ring (bicyclic) bond motifs is 3. The van der Waals surface area contributed by atoms with Crippen LogP contribution in [0.3, 0.4) is 0 Å². The number of anilines is 1. The van der Waals surface area contributed by atoms with Gasteiger partial charge in [0.2, 0.25) is 0 Å². The van der Waals surface area contributed by atoms with Crippen molar-refractivity contribution >= 4 is 22.4 Å². The van der Waals surface area contributed by atoms with Crippen LogP contribution in [-0.4, -0.2) is 39.1 Å². The molecule has 2 aromatic heterocycles. The maximum atomic E-state index is 13.3. The number of benzene rings is 2. The fourth-order valence-corrected chi connectivity index (χ4v) is 3.51. The molecule has 6 nitrogen and oxygen atoms in total. The van der Waals surface area contributed by atoms with E-state index in [9.17, 15) is 4.39 Å². The van der Waals surface area contributed by atoms with Crippen molar-refractivity contribution in [3.05, 3.63) is 54.3 Å². The molecular weight excluding hydrogens is 345 g/mol. The second kappa shape index (κ2) is 6.59. The van der Waals surface area contributed by atoms with Crippen LogP contribution in [-0.2, 0) is 4.74 Å². The van der Waals surface area contributed by atoms with Gasteiger partial charge in [-0.05, 0) is 49.2 Å². The van der Waals surface area contributed by atoms with E-state index in [2.05, 4.69) is 15.6 Å². The molecule has 7 heteroatoms. The summed E-state index contributed by atoms with van der Waals surface area (Å²) < 4.78 is 20.7. The molecule has 0 radical (unpaired) electrons. The van der Waals surface area contributed by atoms with Crippen molar-refractivity contribution < 1.29 is 9.13 Å². The van der Waals surface area contributed by atoms with Gasteiger partial charge in [-0.2, -0.15) is 4.52 Å². The van der Waals surface area contributed by atoms with Crippen LogP contribution in [0.25, 0.3) is 27.8 Å². The SMILES string of the molecule is Fc1ccc(-c2nnn3c2nc(NC[C@@H]2CCCO2)c2ccccc23)cc1. The van der Waals surface area contributed by atoms with Crippen molar-refractivity contribution in [1.82, 2.24) is 19.8 Å². The average Bonchev–Trinajstić information content (AvgIpc) is 3.37. The van der Waals surface area contributed by atoms with Gasteiger partial charge >= 0.3 is 0 Å². The Morgan fingerprint density at radius 3 is 2.81 bits per heavy atom. The van der Waals surface area contributed by atoms with Crippen LogP contribution >= 0.6 is 0 Å². The smallest absolute Gasteiger partial charge is 0.186 e. The predicted molar refractivity (Wildman–Crippen MR) is 101 cm³/mol. The van der Waals surface area contributed by atoms with Crippen LogP contribution in [0.1, 0.15) is 12.8 Å². The number of halogens is 1. The standard InChI is InChI=1S/C20H18FN5O/c21-14-9-7-13(8-10-14)18-20-23-19(22-12-15-4-3-11-27-15)16-5-1-2-6-17(16)26(20)25-24-18/h1-2,5-10,15H,3-4,11-12H2,(H,22,23)/t15-/m0/s1. The Morgan fingerprint density at radius 1 is 1.15 bits per heavy atom. The Balaban J connectivity index is 1.63. The van der Waals surface area contributed by atoms with Gasteiger partial charge in [-0.1, -0.05) is 17.3 Å². The molecule has 0 unspecified atom stereocenters. The molecular formula is C20H18FN5O. The summed E-state index contributed by atoms with van der Waals surface area (Å²) in [6.07, 6.45) is 2.37. The molecule has 0 amide bonds. The average molecular weight is 363 g/mol. The molecule has 1 N–H and O–H groups in total. The molecule has 0 aliphatic carbocycles. The lowest BCUT2D eigenvalue weighted by Crippen LogP contribution is -2.19. The van der Waals surface area contributed by atoms with Gasteiger partial charge in [-0.3, -0.25) is 0 Å².